The maximum absolute atomic E-state index is 13.8. The summed E-state index contributed by atoms with van der Waals surface area (Å²) in [6.07, 6.45) is -0.00510. The first-order valence-corrected chi connectivity index (χ1v) is 9.01. The number of carbonyl (C=O) groups excluding carboxylic acids is 2. The topological polar surface area (TPSA) is 70.7 Å². The summed E-state index contributed by atoms with van der Waals surface area (Å²) in [5.41, 5.74) is 0.137. The molecule has 1 atom stereocenters. The number of carbonyl (C=O) groups is 2. The number of benzene rings is 2. The van der Waals surface area contributed by atoms with Crippen molar-refractivity contribution in [1.82, 2.24) is 5.32 Å². The number of hydrogen-bond donors (Lipinski definition) is 2. The molecule has 0 saturated carbocycles. The van der Waals surface area contributed by atoms with Gasteiger partial charge in [0.1, 0.15) is 23.1 Å². The van der Waals surface area contributed by atoms with Crippen LogP contribution in [0.25, 0.3) is 0 Å². The lowest BCUT2D eigenvalue weighted by Gasteiger charge is -2.35. The van der Waals surface area contributed by atoms with Crippen LogP contribution in [-0.4, -0.2) is 37.6 Å². The Morgan fingerprint density at radius 1 is 1.14 bits per heavy atom. The van der Waals surface area contributed by atoms with Gasteiger partial charge in [-0.05, 0) is 30.7 Å². The number of nitrogens with zero attached hydrogens (tertiary/aromatic N) is 1. The van der Waals surface area contributed by atoms with Crippen LogP contribution in [0.5, 0.6) is 5.75 Å². The summed E-state index contributed by atoms with van der Waals surface area (Å²) in [7, 11) is 0. The Morgan fingerprint density at radius 3 is 2.57 bits per heavy atom. The van der Waals surface area contributed by atoms with Gasteiger partial charge in [0.2, 0.25) is 5.91 Å². The lowest BCUT2D eigenvalue weighted by Crippen LogP contribution is -2.50. The first kappa shape index (κ1) is 19.6. The second-order valence-electron chi connectivity index (χ2n) is 6.39. The summed E-state index contributed by atoms with van der Waals surface area (Å²) in [4.78, 5) is 26.4. The van der Waals surface area contributed by atoms with Gasteiger partial charge >= 0.3 is 0 Å². The number of fused-ring (bicyclic) bond motifs is 1. The van der Waals surface area contributed by atoms with Crippen molar-refractivity contribution in [2.24, 2.45) is 0 Å². The van der Waals surface area contributed by atoms with Crippen molar-refractivity contribution < 1.29 is 23.1 Å². The Labute approximate surface area is 161 Å². The predicted octanol–water partition coefficient (Wildman–Crippen LogP) is 2.70. The number of nitrogens with one attached hydrogen (secondary N) is 2. The fourth-order valence-electron chi connectivity index (χ4n) is 2.92. The molecule has 28 heavy (non-hydrogen) atoms. The van der Waals surface area contributed by atoms with E-state index in [1.165, 1.54) is 6.07 Å². The molecule has 2 amide bonds. The molecule has 3 rings (SSSR count). The molecule has 0 aromatic heterocycles. The zero-order valence-corrected chi connectivity index (χ0v) is 15.4. The second-order valence-corrected chi connectivity index (χ2v) is 6.39. The molecular formula is C20H21F2N3O3. The monoisotopic (exact) mass is 389 g/mol. The quantitative estimate of drug-likeness (QED) is 0.797. The van der Waals surface area contributed by atoms with Gasteiger partial charge in [0, 0.05) is 6.54 Å². The summed E-state index contributed by atoms with van der Waals surface area (Å²) in [5.74, 6) is -2.12. The smallest absolute Gasteiger partial charge is 0.262 e. The Bertz CT molecular complexity index is 855. The molecule has 8 heteroatoms. The summed E-state index contributed by atoms with van der Waals surface area (Å²) in [6.45, 7) is 2.41. The molecule has 2 N–H and O–H groups in total. The number of para-hydroxylation sites is 3. The Kier molecular flexibility index (Phi) is 6.08. The molecule has 1 aliphatic heterocycles. The summed E-state index contributed by atoms with van der Waals surface area (Å²) in [5, 5.41) is 5.03. The molecule has 0 bridgehead atoms. The van der Waals surface area contributed by atoms with Crippen LogP contribution in [0.15, 0.2) is 42.5 Å². The molecular weight excluding hydrogens is 368 g/mol. The highest BCUT2D eigenvalue weighted by atomic mass is 19.1. The first-order valence-electron chi connectivity index (χ1n) is 9.01. The standard InChI is InChI=1S/C20H21F2N3O3/c1-2-10-23-20(27)17-11-25(15-8-3-4-9-16(15)28-17)12-18(26)24-19-13(21)6-5-7-14(19)22/h3-9,17H,2,10-12H2,1H3,(H,23,27)(H,24,26). The van der Waals surface area contributed by atoms with Gasteiger partial charge in [-0.3, -0.25) is 9.59 Å². The van der Waals surface area contributed by atoms with Crippen molar-refractivity contribution in [1.29, 1.82) is 0 Å². The van der Waals surface area contributed by atoms with Crippen LogP contribution < -0.4 is 20.3 Å². The largest absolute Gasteiger partial charge is 0.477 e. The third kappa shape index (κ3) is 4.39. The average molecular weight is 389 g/mol. The van der Waals surface area contributed by atoms with Crippen LogP contribution in [0, 0.1) is 11.6 Å². The number of amides is 2. The van der Waals surface area contributed by atoms with Gasteiger partial charge in [0.25, 0.3) is 5.91 Å². The van der Waals surface area contributed by atoms with Gasteiger partial charge in [0.15, 0.2) is 6.10 Å². The molecule has 0 fully saturated rings. The van der Waals surface area contributed by atoms with E-state index >= 15 is 0 Å². The molecule has 1 unspecified atom stereocenters. The maximum atomic E-state index is 13.8. The average Bonchev–Trinajstić information content (AvgIpc) is 2.69. The van der Waals surface area contributed by atoms with E-state index in [0.717, 1.165) is 18.6 Å². The molecule has 1 aliphatic rings. The van der Waals surface area contributed by atoms with E-state index in [0.29, 0.717) is 18.0 Å². The van der Waals surface area contributed by atoms with E-state index < -0.39 is 29.3 Å². The minimum absolute atomic E-state index is 0.139. The molecule has 0 radical (unpaired) electrons. The van der Waals surface area contributed by atoms with E-state index in [-0.39, 0.29) is 19.0 Å². The van der Waals surface area contributed by atoms with Gasteiger partial charge in [-0.25, -0.2) is 8.78 Å². The van der Waals surface area contributed by atoms with Gasteiger partial charge in [-0.15, -0.1) is 0 Å². The van der Waals surface area contributed by atoms with Gasteiger partial charge < -0.3 is 20.3 Å². The minimum atomic E-state index is -0.854. The van der Waals surface area contributed by atoms with Crippen molar-refractivity contribution in [3.05, 3.63) is 54.1 Å². The normalized spacial score (nSPS) is 15.4. The summed E-state index contributed by atoms with van der Waals surface area (Å²) >= 11 is 0. The SMILES string of the molecule is CCCNC(=O)C1CN(CC(=O)Nc2c(F)cccc2F)c2ccccc2O1. The van der Waals surface area contributed by atoms with E-state index in [1.807, 2.05) is 6.92 Å². The van der Waals surface area contributed by atoms with E-state index in [1.54, 1.807) is 29.2 Å². The number of halogens is 2. The Morgan fingerprint density at radius 2 is 1.86 bits per heavy atom. The number of rotatable bonds is 6. The Balaban J connectivity index is 1.75. The van der Waals surface area contributed by atoms with Gasteiger partial charge in [-0.2, -0.15) is 0 Å². The molecule has 2 aromatic carbocycles. The predicted molar refractivity (Wildman–Crippen MR) is 101 cm³/mol. The third-order valence-corrected chi connectivity index (χ3v) is 4.26. The fraction of sp³-hybridized carbons (Fsp3) is 0.300. The highest BCUT2D eigenvalue weighted by Crippen LogP contribution is 2.33. The maximum Gasteiger partial charge on any atom is 0.262 e. The minimum Gasteiger partial charge on any atom is -0.477 e. The van der Waals surface area contributed by atoms with Crippen LogP contribution in [0.2, 0.25) is 0 Å². The zero-order valence-electron chi connectivity index (χ0n) is 15.4. The van der Waals surface area contributed by atoms with Crippen LogP contribution in [0.1, 0.15) is 13.3 Å². The molecule has 1 heterocycles. The summed E-state index contributed by atoms with van der Waals surface area (Å²) < 4.78 is 33.3. The third-order valence-electron chi connectivity index (χ3n) is 4.26. The number of ether oxygens (including phenoxy) is 1. The highest BCUT2D eigenvalue weighted by Gasteiger charge is 2.31. The molecule has 0 saturated heterocycles. The molecule has 2 aromatic rings. The van der Waals surface area contributed by atoms with Crippen molar-refractivity contribution in [2.75, 3.05) is 29.9 Å². The van der Waals surface area contributed by atoms with Crippen molar-refractivity contribution >= 4 is 23.2 Å². The van der Waals surface area contributed by atoms with E-state index in [2.05, 4.69) is 10.6 Å². The van der Waals surface area contributed by atoms with E-state index in [9.17, 15) is 18.4 Å². The van der Waals surface area contributed by atoms with Crippen molar-refractivity contribution in [2.45, 2.75) is 19.4 Å². The molecule has 148 valence electrons. The van der Waals surface area contributed by atoms with E-state index in [4.69, 9.17) is 4.74 Å². The first-order chi connectivity index (χ1) is 13.5. The lowest BCUT2D eigenvalue weighted by atomic mass is 10.1. The lowest BCUT2D eigenvalue weighted by molar-refractivity contribution is -0.128. The molecule has 6 nitrogen and oxygen atoms in total. The summed E-state index contributed by atoms with van der Waals surface area (Å²) in [6, 6.07) is 10.4. The number of hydrogen-bond acceptors (Lipinski definition) is 4. The number of anilines is 2. The van der Waals surface area contributed by atoms with Gasteiger partial charge in [-0.1, -0.05) is 25.1 Å². The van der Waals surface area contributed by atoms with Crippen molar-refractivity contribution in [3.63, 3.8) is 0 Å². The second kappa shape index (κ2) is 8.69. The Hall–Kier alpha value is -3.16. The molecule has 0 aliphatic carbocycles. The highest BCUT2D eigenvalue weighted by molar-refractivity contribution is 5.95. The van der Waals surface area contributed by atoms with Crippen LogP contribution in [0.4, 0.5) is 20.2 Å². The van der Waals surface area contributed by atoms with Gasteiger partial charge in [0.05, 0.1) is 18.8 Å². The zero-order chi connectivity index (χ0) is 20.1. The van der Waals surface area contributed by atoms with Crippen molar-refractivity contribution in [3.8, 4) is 5.75 Å². The van der Waals surface area contributed by atoms with Crippen LogP contribution >= 0.6 is 0 Å². The molecule has 0 spiro atoms. The van der Waals surface area contributed by atoms with Crippen LogP contribution in [0.3, 0.4) is 0 Å². The van der Waals surface area contributed by atoms with Crippen LogP contribution in [-0.2, 0) is 9.59 Å². The fourth-order valence-corrected chi connectivity index (χ4v) is 2.92.